The fourth-order valence-electron chi connectivity index (χ4n) is 2.48. The molecule has 0 saturated carbocycles. The Labute approximate surface area is 121 Å². The smallest absolute Gasteiger partial charge is 0.219 e. The van der Waals surface area contributed by atoms with Gasteiger partial charge >= 0.3 is 0 Å². The minimum absolute atomic E-state index is 0.170. The van der Waals surface area contributed by atoms with Gasteiger partial charge in [0.15, 0.2) is 0 Å². The number of carbonyl (C=O) groups excluding carboxylic acids is 1. The Morgan fingerprint density at radius 3 is 2.70 bits per heavy atom. The Hall–Kier alpha value is -1.62. The molecule has 0 aliphatic carbocycles. The minimum Gasteiger partial charge on any atom is -0.368 e. The summed E-state index contributed by atoms with van der Waals surface area (Å²) in [4.78, 5) is 20.2. The normalized spacial score (nSPS) is 17.8. The van der Waals surface area contributed by atoms with E-state index in [1.807, 2.05) is 18.1 Å². The Kier molecular flexibility index (Phi) is 4.95. The van der Waals surface area contributed by atoms with E-state index in [-0.39, 0.29) is 11.9 Å². The van der Waals surface area contributed by atoms with Crippen molar-refractivity contribution in [2.24, 2.45) is 0 Å². The van der Waals surface area contributed by atoms with E-state index in [4.69, 9.17) is 0 Å². The maximum Gasteiger partial charge on any atom is 0.219 e. The highest BCUT2D eigenvalue weighted by Gasteiger charge is 2.17. The highest BCUT2D eigenvalue weighted by molar-refractivity contribution is 5.73. The predicted molar refractivity (Wildman–Crippen MR) is 80.8 cm³/mol. The summed E-state index contributed by atoms with van der Waals surface area (Å²) in [7, 11) is 1.94. The van der Waals surface area contributed by atoms with Crippen LogP contribution >= 0.6 is 0 Å². The van der Waals surface area contributed by atoms with Crippen LogP contribution in [0.5, 0.6) is 0 Å². The van der Waals surface area contributed by atoms with Crippen LogP contribution in [0.25, 0.3) is 0 Å². The van der Waals surface area contributed by atoms with Crippen LogP contribution in [0.1, 0.15) is 32.0 Å². The van der Waals surface area contributed by atoms with E-state index in [2.05, 4.69) is 34.3 Å². The Morgan fingerprint density at radius 2 is 2.10 bits per heavy atom. The second-order valence-electron chi connectivity index (χ2n) is 5.30. The summed E-state index contributed by atoms with van der Waals surface area (Å²) in [5.74, 6) is 0.170. The van der Waals surface area contributed by atoms with Gasteiger partial charge in [0.1, 0.15) is 0 Å². The van der Waals surface area contributed by atoms with Gasteiger partial charge in [-0.1, -0.05) is 0 Å². The van der Waals surface area contributed by atoms with Gasteiger partial charge in [-0.05, 0) is 32.5 Å². The number of hydrogen-bond donors (Lipinski definition) is 1. The van der Waals surface area contributed by atoms with Crippen molar-refractivity contribution in [3.05, 3.63) is 24.0 Å². The lowest BCUT2D eigenvalue weighted by molar-refractivity contribution is -0.128. The second-order valence-corrected chi connectivity index (χ2v) is 5.30. The number of hydrogen-bond acceptors (Lipinski definition) is 4. The summed E-state index contributed by atoms with van der Waals surface area (Å²) in [5, 5.41) is 3.19. The molecular formula is C15H24N4O. The van der Waals surface area contributed by atoms with Gasteiger partial charge in [0.05, 0.1) is 17.6 Å². The Balaban J connectivity index is 2.02. The second kappa shape index (κ2) is 6.70. The molecular weight excluding hydrogens is 252 g/mol. The molecule has 5 nitrogen and oxygen atoms in total. The van der Waals surface area contributed by atoms with Gasteiger partial charge < -0.3 is 15.1 Å². The molecule has 2 rings (SSSR count). The molecule has 20 heavy (non-hydrogen) atoms. The van der Waals surface area contributed by atoms with Crippen molar-refractivity contribution in [2.75, 3.05) is 38.1 Å². The molecule has 110 valence electrons. The monoisotopic (exact) mass is 276 g/mol. The molecule has 1 aliphatic heterocycles. The summed E-state index contributed by atoms with van der Waals surface area (Å²) in [6.45, 7) is 7.25. The zero-order chi connectivity index (χ0) is 14.5. The number of carbonyl (C=O) groups is 1. The lowest BCUT2D eigenvalue weighted by Crippen LogP contribution is -2.33. The van der Waals surface area contributed by atoms with E-state index in [0.29, 0.717) is 0 Å². The van der Waals surface area contributed by atoms with Crippen molar-refractivity contribution in [2.45, 2.75) is 26.3 Å². The van der Waals surface area contributed by atoms with Crippen LogP contribution in [0.15, 0.2) is 18.3 Å². The molecule has 1 unspecified atom stereocenters. The number of nitrogens with one attached hydrogen (secondary N) is 1. The lowest BCUT2D eigenvalue weighted by atomic mass is 10.2. The molecule has 1 atom stereocenters. The standard InChI is InChI=1S/C15H24N4O/c1-12(16-3)15-6-5-14(11-17-15)19-8-4-7-18(9-10-19)13(2)20/h5-6,11-12,16H,4,7-10H2,1-3H3. The van der Waals surface area contributed by atoms with Crippen LogP contribution in [-0.2, 0) is 4.79 Å². The first-order valence-corrected chi connectivity index (χ1v) is 7.25. The number of nitrogens with zero attached hydrogens (tertiary/aromatic N) is 3. The Bertz CT molecular complexity index is 446. The highest BCUT2D eigenvalue weighted by atomic mass is 16.2. The van der Waals surface area contributed by atoms with Crippen molar-refractivity contribution >= 4 is 11.6 Å². The van der Waals surface area contributed by atoms with Crippen molar-refractivity contribution in [3.63, 3.8) is 0 Å². The largest absolute Gasteiger partial charge is 0.368 e. The first-order valence-electron chi connectivity index (χ1n) is 7.25. The zero-order valence-electron chi connectivity index (χ0n) is 12.6. The summed E-state index contributed by atoms with van der Waals surface area (Å²) in [6.07, 6.45) is 2.95. The molecule has 2 heterocycles. The third-order valence-electron chi connectivity index (χ3n) is 3.95. The number of anilines is 1. The van der Waals surface area contributed by atoms with Crippen molar-refractivity contribution in [3.8, 4) is 0 Å². The lowest BCUT2D eigenvalue weighted by Gasteiger charge is -2.23. The average Bonchev–Trinajstić information content (AvgIpc) is 2.72. The molecule has 1 amide bonds. The van der Waals surface area contributed by atoms with E-state index >= 15 is 0 Å². The summed E-state index contributed by atoms with van der Waals surface area (Å²) in [6, 6.07) is 4.46. The molecule has 0 bridgehead atoms. The molecule has 1 aromatic heterocycles. The number of pyridine rings is 1. The van der Waals surface area contributed by atoms with E-state index < -0.39 is 0 Å². The third-order valence-corrected chi connectivity index (χ3v) is 3.95. The molecule has 1 saturated heterocycles. The zero-order valence-corrected chi connectivity index (χ0v) is 12.6. The summed E-state index contributed by atoms with van der Waals surface area (Å²) < 4.78 is 0. The maximum atomic E-state index is 11.4. The molecule has 0 spiro atoms. The van der Waals surface area contributed by atoms with Gasteiger partial charge in [-0.3, -0.25) is 9.78 Å². The molecule has 1 aromatic rings. The maximum absolute atomic E-state index is 11.4. The van der Waals surface area contributed by atoms with E-state index in [1.54, 1.807) is 6.92 Å². The van der Waals surface area contributed by atoms with Crippen LogP contribution in [-0.4, -0.2) is 49.0 Å². The van der Waals surface area contributed by atoms with Crippen LogP contribution in [0.4, 0.5) is 5.69 Å². The highest BCUT2D eigenvalue weighted by Crippen LogP contribution is 2.18. The van der Waals surface area contributed by atoms with E-state index in [9.17, 15) is 4.79 Å². The van der Waals surface area contributed by atoms with E-state index in [0.717, 1.165) is 44.0 Å². The molecule has 1 fully saturated rings. The fraction of sp³-hybridized carbons (Fsp3) is 0.600. The van der Waals surface area contributed by atoms with Crippen LogP contribution in [0.3, 0.4) is 0 Å². The minimum atomic E-state index is 0.170. The van der Waals surface area contributed by atoms with Gasteiger partial charge in [-0.25, -0.2) is 0 Å². The van der Waals surface area contributed by atoms with Crippen molar-refractivity contribution < 1.29 is 4.79 Å². The first kappa shape index (κ1) is 14.8. The van der Waals surface area contributed by atoms with Gasteiger partial charge in [-0.15, -0.1) is 0 Å². The topological polar surface area (TPSA) is 48.5 Å². The van der Waals surface area contributed by atoms with E-state index in [1.165, 1.54) is 0 Å². The van der Waals surface area contributed by atoms with Gasteiger partial charge in [0.25, 0.3) is 0 Å². The van der Waals surface area contributed by atoms with Gasteiger partial charge in [-0.2, -0.15) is 0 Å². The van der Waals surface area contributed by atoms with Gasteiger partial charge in [0.2, 0.25) is 5.91 Å². The third kappa shape index (κ3) is 3.48. The van der Waals surface area contributed by atoms with Gasteiger partial charge in [0, 0.05) is 39.1 Å². The molecule has 5 heteroatoms. The molecule has 1 aliphatic rings. The number of rotatable bonds is 3. The molecule has 0 radical (unpaired) electrons. The predicted octanol–water partition coefficient (Wildman–Crippen LogP) is 1.42. The average molecular weight is 276 g/mol. The van der Waals surface area contributed by atoms with Crippen LogP contribution in [0.2, 0.25) is 0 Å². The quantitative estimate of drug-likeness (QED) is 0.907. The summed E-state index contributed by atoms with van der Waals surface area (Å²) >= 11 is 0. The Morgan fingerprint density at radius 1 is 1.30 bits per heavy atom. The molecule has 1 N–H and O–H groups in total. The SMILES string of the molecule is CNC(C)c1ccc(N2CCCN(C(C)=O)CC2)cn1. The number of amides is 1. The van der Waals surface area contributed by atoms with Crippen molar-refractivity contribution in [1.82, 2.24) is 15.2 Å². The molecule has 0 aromatic carbocycles. The first-order chi connectivity index (χ1) is 9.61. The van der Waals surface area contributed by atoms with Crippen LogP contribution in [0, 0.1) is 0 Å². The van der Waals surface area contributed by atoms with Crippen molar-refractivity contribution in [1.29, 1.82) is 0 Å². The van der Waals surface area contributed by atoms with Crippen LogP contribution < -0.4 is 10.2 Å². The summed E-state index contributed by atoms with van der Waals surface area (Å²) in [5.41, 5.74) is 2.19. The number of aromatic nitrogens is 1. The fourth-order valence-corrected chi connectivity index (χ4v) is 2.48.